The van der Waals surface area contributed by atoms with Crippen LogP contribution < -0.4 is 0 Å². The van der Waals surface area contributed by atoms with E-state index in [9.17, 15) is 15.0 Å². The van der Waals surface area contributed by atoms with E-state index >= 15 is 4.79 Å². The number of ether oxygens (including phenoxy) is 2. The third-order valence-electron chi connectivity index (χ3n) is 20.7. The van der Waals surface area contributed by atoms with Crippen LogP contribution in [-0.4, -0.2) is 68.5 Å². The number of aliphatic hydroxyl groups excluding tert-OH is 2. The Morgan fingerprint density at radius 1 is 0.922 bits per heavy atom. The highest BCUT2D eigenvalue weighted by molar-refractivity contribution is 6.02. The van der Waals surface area contributed by atoms with Crippen LogP contribution in [0.25, 0.3) is 11.0 Å². The molecule has 0 radical (unpaired) electrons. The van der Waals surface area contributed by atoms with Crippen molar-refractivity contribution in [1.82, 2.24) is 9.55 Å². The highest BCUT2D eigenvalue weighted by Gasteiger charge is 2.73. The van der Waals surface area contributed by atoms with E-state index in [1.807, 2.05) is 13.8 Å². The van der Waals surface area contributed by atoms with Crippen LogP contribution >= 0.6 is 0 Å². The van der Waals surface area contributed by atoms with Crippen molar-refractivity contribution in [2.45, 2.75) is 188 Å². The summed E-state index contributed by atoms with van der Waals surface area (Å²) in [6, 6.07) is 7.14. The van der Waals surface area contributed by atoms with E-state index in [0.717, 1.165) is 82.1 Å². The fraction of sp³-hybridized carbons (Fsp3) is 0.714. The van der Waals surface area contributed by atoms with Crippen LogP contribution in [0.4, 0.5) is 0 Å². The lowest BCUT2D eigenvalue weighted by Crippen LogP contribution is -2.68. The largest absolute Gasteiger partial charge is 0.392 e. The number of epoxide rings is 1. The zero-order valence-corrected chi connectivity index (χ0v) is 40.2. The molecule has 4 saturated carbocycles. The molecule has 2 aromatic heterocycles. The number of hydrogen-bond donors (Lipinski definition) is 3. The van der Waals surface area contributed by atoms with E-state index in [2.05, 4.69) is 81.7 Å². The Morgan fingerprint density at radius 2 is 1.66 bits per heavy atom. The van der Waals surface area contributed by atoms with Crippen molar-refractivity contribution < 1.29 is 29.3 Å². The van der Waals surface area contributed by atoms with E-state index in [0.29, 0.717) is 49.8 Å². The lowest BCUT2D eigenvalue weighted by Gasteiger charge is -2.70. The van der Waals surface area contributed by atoms with E-state index in [1.54, 1.807) is 0 Å². The molecule has 11 atom stereocenters. The highest BCUT2D eigenvalue weighted by Crippen LogP contribution is 2.76. The lowest BCUT2D eigenvalue weighted by molar-refractivity contribution is -0.227. The van der Waals surface area contributed by atoms with Crippen LogP contribution in [0.15, 0.2) is 41.7 Å². The van der Waals surface area contributed by atoms with E-state index in [4.69, 9.17) is 9.47 Å². The number of carbonyl (C=O) groups excluding carboxylic acids is 2. The smallest absolute Gasteiger partial charge is 0.160 e. The van der Waals surface area contributed by atoms with Gasteiger partial charge in [0.2, 0.25) is 0 Å². The van der Waals surface area contributed by atoms with Gasteiger partial charge in [0.25, 0.3) is 0 Å². The summed E-state index contributed by atoms with van der Waals surface area (Å²) in [5, 5.41) is 25.8. The molecule has 11 rings (SSSR count). The summed E-state index contributed by atoms with van der Waals surface area (Å²) in [6.07, 6.45) is 16.0. The van der Waals surface area contributed by atoms with Crippen LogP contribution in [0.3, 0.4) is 0 Å². The quantitative estimate of drug-likeness (QED) is 0.204. The van der Waals surface area contributed by atoms with Gasteiger partial charge in [-0.05, 0) is 153 Å². The standard InChI is InChI=1S/C56H76N2O6/c1-32-23-33(25-36(24-32)34-16-21-63-22-17-34)26-37-30-58-31-39-44-45(52(4,27-41(60)50-51(2,3)64-50)18-13-35-29-57-46(37)47(35)58)40(59)28-55(44,7)54(6)20-14-42-53(5,49(54)48(39)62)19-15-43(61)56(42,8)38-11-9-10-12-38/h23-25,29-30,34,38-39,41-42,48-50,57,60,62H,9-22,26-28,31H2,1-8H3/t39-,41-,42-,48-,49-,50-,52+,53-,54+,55+,56+/m1/s1. The van der Waals surface area contributed by atoms with Gasteiger partial charge < -0.3 is 29.2 Å². The Labute approximate surface area is 381 Å². The van der Waals surface area contributed by atoms with Gasteiger partial charge in [0.05, 0.1) is 28.8 Å². The van der Waals surface area contributed by atoms with E-state index < -0.39 is 28.6 Å². The molecular weight excluding hydrogens is 797 g/mol. The number of aromatic amines is 1. The first kappa shape index (κ1) is 43.5. The Balaban J connectivity index is 1.06. The second kappa shape index (κ2) is 14.7. The van der Waals surface area contributed by atoms with Crippen molar-refractivity contribution in [2.24, 2.45) is 50.7 Å². The maximum Gasteiger partial charge on any atom is 0.160 e. The fourth-order valence-electron chi connectivity index (χ4n) is 17.4. The Bertz CT molecular complexity index is 2430. The van der Waals surface area contributed by atoms with Gasteiger partial charge in [-0.25, -0.2) is 0 Å². The maximum absolute atomic E-state index is 15.4. The molecule has 64 heavy (non-hydrogen) atoms. The van der Waals surface area contributed by atoms with Crippen LogP contribution in [0.1, 0.15) is 166 Å². The summed E-state index contributed by atoms with van der Waals surface area (Å²) in [4.78, 5) is 33.5. The lowest BCUT2D eigenvalue weighted by atomic mass is 9.33. The molecule has 3 N–H and O–H groups in total. The van der Waals surface area contributed by atoms with Crippen LogP contribution in [-0.2, 0) is 38.4 Å². The van der Waals surface area contributed by atoms with Crippen molar-refractivity contribution in [3.05, 3.63) is 69.6 Å². The number of nitrogens with zero attached hydrogens (tertiary/aromatic N) is 1. The van der Waals surface area contributed by atoms with Gasteiger partial charge in [-0.15, -0.1) is 0 Å². The average molecular weight is 873 g/mol. The van der Waals surface area contributed by atoms with E-state index in [-0.39, 0.29) is 45.9 Å². The number of aromatic nitrogens is 2. The number of hydrogen-bond acceptors (Lipinski definition) is 6. The molecule has 8 nitrogen and oxygen atoms in total. The molecule has 5 heterocycles. The first-order valence-electron chi connectivity index (χ1n) is 25.5. The molecule has 3 aliphatic heterocycles. The van der Waals surface area contributed by atoms with Gasteiger partial charge in [0.15, 0.2) is 5.78 Å². The second-order valence-electron chi connectivity index (χ2n) is 24.6. The molecule has 1 aromatic carbocycles. The Kier molecular flexibility index (Phi) is 10.0. The third kappa shape index (κ3) is 6.18. The molecule has 0 spiro atoms. The monoisotopic (exact) mass is 873 g/mol. The van der Waals surface area contributed by atoms with Gasteiger partial charge in [-0.1, -0.05) is 71.2 Å². The minimum atomic E-state index is -0.713. The number of nitrogens with one attached hydrogen (secondary N) is 1. The summed E-state index contributed by atoms with van der Waals surface area (Å²) < 4.78 is 14.3. The zero-order chi connectivity index (χ0) is 44.9. The van der Waals surface area contributed by atoms with Crippen molar-refractivity contribution in [1.29, 1.82) is 0 Å². The van der Waals surface area contributed by atoms with Crippen molar-refractivity contribution in [3.8, 4) is 0 Å². The highest BCUT2D eigenvalue weighted by atomic mass is 16.6. The van der Waals surface area contributed by atoms with Crippen molar-refractivity contribution in [2.75, 3.05) is 13.2 Å². The molecule has 0 bridgehead atoms. The molecule has 0 unspecified atom stereocenters. The summed E-state index contributed by atoms with van der Waals surface area (Å²) in [5.41, 5.74) is 8.45. The molecule has 5 aliphatic carbocycles. The van der Waals surface area contributed by atoms with Crippen LogP contribution in [0.5, 0.6) is 0 Å². The van der Waals surface area contributed by atoms with Gasteiger partial charge in [-0.2, -0.15) is 0 Å². The normalized spacial score (nSPS) is 40.4. The molecule has 6 fully saturated rings. The van der Waals surface area contributed by atoms with E-state index in [1.165, 1.54) is 51.7 Å². The summed E-state index contributed by atoms with van der Waals surface area (Å²) in [6.45, 7) is 20.4. The number of H-pyrrole nitrogens is 1. The second-order valence-corrected chi connectivity index (χ2v) is 24.6. The molecule has 8 aliphatic rings. The Morgan fingerprint density at radius 3 is 2.38 bits per heavy atom. The Hall–Kier alpha value is -3.04. The molecule has 2 saturated heterocycles. The van der Waals surface area contributed by atoms with Crippen molar-refractivity contribution in [3.63, 3.8) is 0 Å². The predicted molar refractivity (Wildman–Crippen MR) is 250 cm³/mol. The number of aliphatic hydroxyl groups is 2. The molecule has 0 amide bonds. The SMILES string of the molecule is Cc1cc(Cc2cn3c4c(c[nH]c24)CC[C@@](C)(C[C@@H](O)[C@H]2OC2(C)C)C2=C4[C@@H](C3)[C@@H](O)[C@@H]3[C@]5(C)CCC(=O)[C@@](C)(C6CCCC6)[C@@H]5CC[C@]3(C)[C@@]4(C)CC2=O)cc(C2CCOCC2)c1. The molecule has 346 valence electrons. The van der Waals surface area contributed by atoms with Crippen LogP contribution in [0.2, 0.25) is 0 Å². The molecule has 3 aromatic rings. The first-order chi connectivity index (χ1) is 30.3. The zero-order valence-electron chi connectivity index (χ0n) is 40.2. The molecular formula is C56H76N2O6. The third-order valence-corrected chi connectivity index (χ3v) is 20.7. The summed E-state index contributed by atoms with van der Waals surface area (Å²) >= 11 is 0. The number of Topliss-reactive ketones (excluding diaryl/α,β-unsaturated/α-hetero) is 2. The van der Waals surface area contributed by atoms with Gasteiger partial charge >= 0.3 is 0 Å². The number of benzene rings is 1. The van der Waals surface area contributed by atoms with Crippen molar-refractivity contribution >= 4 is 22.6 Å². The summed E-state index contributed by atoms with van der Waals surface area (Å²) in [7, 11) is 0. The van der Waals surface area contributed by atoms with Gasteiger partial charge in [0.1, 0.15) is 11.9 Å². The minimum Gasteiger partial charge on any atom is -0.392 e. The van der Waals surface area contributed by atoms with Gasteiger partial charge in [0, 0.05) is 73.7 Å². The topological polar surface area (TPSA) is 117 Å². The number of rotatable bonds is 7. The number of ketones is 2. The number of aryl methyl sites for hydroxylation is 2. The maximum atomic E-state index is 15.4. The summed E-state index contributed by atoms with van der Waals surface area (Å²) in [5.74, 6) is 1.40. The average Bonchev–Trinajstić information content (AvgIpc) is 3.79. The number of fused-ring (bicyclic) bond motifs is 4. The molecule has 8 heteroatoms. The first-order valence-corrected chi connectivity index (χ1v) is 25.5. The minimum absolute atomic E-state index is 0.0777. The number of allylic oxidation sites excluding steroid dienone is 1. The predicted octanol–water partition coefficient (Wildman–Crippen LogP) is 10.5. The fourth-order valence-corrected chi connectivity index (χ4v) is 17.4. The number of carbonyl (C=O) groups is 2. The van der Waals surface area contributed by atoms with Gasteiger partial charge in [-0.3, -0.25) is 9.59 Å². The van der Waals surface area contributed by atoms with Crippen LogP contribution in [0, 0.1) is 57.7 Å².